The van der Waals surface area contributed by atoms with E-state index in [1.165, 1.54) is 19.4 Å². The molecule has 0 spiro atoms. The number of H-pyrrole nitrogens is 1. The summed E-state index contributed by atoms with van der Waals surface area (Å²) >= 11 is 0. The quantitative estimate of drug-likeness (QED) is 0.857. The summed E-state index contributed by atoms with van der Waals surface area (Å²) in [4.78, 5) is 14.3. The summed E-state index contributed by atoms with van der Waals surface area (Å²) in [6.45, 7) is 0. The molecule has 0 aliphatic heterocycles. The lowest BCUT2D eigenvalue weighted by atomic mass is 10.1. The third-order valence-corrected chi connectivity index (χ3v) is 2.55. The average Bonchev–Trinajstić information content (AvgIpc) is 2.69. The molecule has 0 amide bonds. The topological polar surface area (TPSA) is 42.1 Å². The van der Waals surface area contributed by atoms with Gasteiger partial charge in [-0.25, -0.2) is 0 Å². The third-order valence-electron chi connectivity index (χ3n) is 2.55. The number of hydrogen-bond acceptors (Lipinski definition) is 2. The Hall–Kier alpha value is -1.98. The minimum Gasteiger partial charge on any atom is -0.497 e. The van der Waals surface area contributed by atoms with Gasteiger partial charge in [-0.3, -0.25) is 4.79 Å². The molecule has 1 aromatic carbocycles. The predicted molar refractivity (Wildman–Crippen MR) is 59.9 cm³/mol. The predicted octanol–water partition coefficient (Wildman–Crippen LogP) is 3.31. The fourth-order valence-electron chi connectivity index (χ4n) is 1.73. The van der Waals surface area contributed by atoms with Crippen LogP contribution in [0, 0.1) is 0 Å². The molecule has 0 aliphatic rings. The van der Waals surface area contributed by atoms with E-state index in [1.807, 2.05) is 0 Å². The maximum Gasteiger partial charge on any atom is 0.396 e. The Bertz CT molecular complexity index is 587. The van der Waals surface area contributed by atoms with Crippen LogP contribution in [0.25, 0.3) is 10.9 Å². The smallest absolute Gasteiger partial charge is 0.396 e. The second kappa shape index (κ2) is 4.36. The van der Waals surface area contributed by atoms with Crippen LogP contribution in [0.15, 0.2) is 24.4 Å². The highest BCUT2D eigenvalue weighted by Gasteiger charge is 2.32. The van der Waals surface area contributed by atoms with Crippen molar-refractivity contribution in [1.82, 2.24) is 4.98 Å². The number of fused-ring (bicyclic) bond motifs is 1. The van der Waals surface area contributed by atoms with E-state index >= 15 is 0 Å². The molecule has 0 radical (unpaired) electrons. The van der Waals surface area contributed by atoms with Crippen molar-refractivity contribution < 1.29 is 22.7 Å². The van der Waals surface area contributed by atoms with Gasteiger partial charge in [-0.15, -0.1) is 0 Å². The zero-order chi connectivity index (χ0) is 13.3. The molecule has 1 heterocycles. The molecular formula is C12H10F3NO2. The minimum atomic E-state index is -4.50. The first-order chi connectivity index (χ1) is 8.40. The normalized spacial score (nSPS) is 11.8. The van der Waals surface area contributed by atoms with Crippen LogP contribution in [-0.4, -0.2) is 24.1 Å². The number of benzene rings is 1. The minimum absolute atomic E-state index is 0.0289. The molecule has 3 nitrogen and oxygen atoms in total. The van der Waals surface area contributed by atoms with Crippen LogP contribution in [0.5, 0.6) is 5.75 Å². The summed E-state index contributed by atoms with van der Waals surface area (Å²) < 4.78 is 41.5. The maximum absolute atomic E-state index is 12.2. The number of Topliss-reactive ketones (excluding diaryl/α,β-unsaturated/α-hetero) is 1. The Morgan fingerprint density at radius 1 is 1.39 bits per heavy atom. The zero-order valence-corrected chi connectivity index (χ0v) is 9.47. The third kappa shape index (κ3) is 2.47. The average molecular weight is 257 g/mol. The summed E-state index contributed by atoms with van der Waals surface area (Å²) in [6, 6.07) is 4.85. The van der Waals surface area contributed by atoms with E-state index in [-0.39, 0.29) is 5.56 Å². The fourth-order valence-corrected chi connectivity index (χ4v) is 1.73. The number of aromatic amines is 1. The number of alkyl halides is 3. The maximum atomic E-state index is 12.2. The van der Waals surface area contributed by atoms with Gasteiger partial charge in [0.25, 0.3) is 0 Å². The summed E-state index contributed by atoms with van der Waals surface area (Å²) in [7, 11) is 1.45. The van der Waals surface area contributed by atoms with E-state index in [0.717, 1.165) is 0 Å². The van der Waals surface area contributed by atoms with Crippen molar-refractivity contribution in [3.63, 3.8) is 0 Å². The molecule has 0 saturated heterocycles. The molecule has 0 saturated carbocycles. The van der Waals surface area contributed by atoms with Crippen LogP contribution in [0.4, 0.5) is 13.2 Å². The summed E-state index contributed by atoms with van der Waals surface area (Å²) in [5, 5.41) is 0.434. The van der Waals surface area contributed by atoms with Gasteiger partial charge in [-0.05, 0) is 18.2 Å². The molecule has 2 aromatic rings. The number of carbonyl (C=O) groups excluding carboxylic acids is 1. The Kier molecular flexibility index (Phi) is 3.02. The molecule has 18 heavy (non-hydrogen) atoms. The van der Waals surface area contributed by atoms with Crippen LogP contribution in [0.3, 0.4) is 0 Å². The second-order valence-corrected chi connectivity index (χ2v) is 3.83. The van der Waals surface area contributed by atoms with Crippen LogP contribution >= 0.6 is 0 Å². The molecule has 6 heteroatoms. The van der Waals surface area contributed by atoms with Gasteiger partial charge in [0.15, 0.2) is 5.78 Å². The number of ketones is 1. The molecule has 1 N–H and O–H groups in total. The van der Waals surface area contributed by atoms with Crippen molar-refractivity contribution in [1.29, 1.82) is 0 Å². The lowest BCUT2D eigenvalue weighted by Gasteiger charge is -2.05. The Morgan fingerprint density at radius 2 is 2.11 bits per heavy atom. The molecule has 0 unspecified atom stereocenters. The first kappa shape index (κ1) is 12.5. The summed E-state index contributed by atoms with van der Waals surface area (Å²) in [5.41, 5.74) is 0.627. The number of aromatic nitrogens is 1. The van der Waals surface area contributed by atoms with Crippen molar-refractivity contribution in [2.75, 3.05) is 7.11 Å². The Labute approximate surface area is 101 Å². The lowest BCUT2D eigenvalue weighted by molar-refractivity contribution is -0.125. The SMILES string of the molecule is COc1ccc2[nH]cc(C(=O)CC(F)(F)F)c2c1. The molecule has 0 aliphatic carbocycles. The lowest BCUT2D eigenvalue weighted by Crippen LogP contribution is -2.14. The van der Waals surface area contributed by atoms with E-state index in [4.69, 9.17) is 4.74 Å². The van der Waals surface area contributed by atoms with Gasteiger partial charge in [0.05, 0.1) is 7.11 Å². The largest absolute Gasteiger partial charge is 0.497 e. The number of rotatable bonds is 3. The molecule has 0 atom stereocenters. The molecule has 96 valence electrons. The van der Waals surface area contributed by atoms with Crippen molar-refractivity contribution >= 4 is 16.7 Å². The van der Waals surface area contributed by atoms with Crippen molar-refractivity contribution in [2.45, 2.75) is 12.6 Å². The Morgan fingerprint density at radius 3 is 2.72 bits per heavy atom. The van der Waals surface area contributed by atoms with Crippen LogP contribution in [-0.2, 0) is 0 Å². The van der Waals surface area contributed by atoms with Crippen molar-refractivity contribution in [3.05, 3.63) is 30.0 Å². The number of hydrogen-bond donors (Lipinski definition) is 1. The van der Waals surface area contributed by atoms with Crippen LogP contribution in [0.2, 0.25) is 0 Å². The zero-order valence-electron chi connectivity index (χ0n) is 9.47. The fraction of sp³-hybridized carbons (Fsp3) is 0.250. The standard InChI is InChI=1S/C12H10F3NO2/c1-18-7-2-3-10-8(4-7)9(6-16-10)11(17)5-12(13,14)15/h2-4,6,16H,5H2,1H3. The molecule has 1 aromatic heterocycles. The van der Waals surface area contributed by atoms with Gasteiger partial charge in [0.1, 0.15) is 12.2 Å². The van der Waals surface area contributed by atoms with E-state index in [1.54, 1.807) is 12.1 Å². The van der Waals surface area contributed by atoms with Gasteiger partial charge >= 0.3 is 6.18 Å². The number of methoxy groups -OCH3 is 1. The number of carbonyl (C=O) groups is 1. The van der Waals surface area contributed by atoms with Crippen molar-refractivity contribution in [2.24, 2.45) is 0 Å². The van der Waals surface area contributed by atoms with Crippen LogP contribution in [0.1, 0.15) is 16.8 Å². The number of nitrogens with one attached hydrogen (secondary N) is 1. The van der Waals surface area contributed by atoms with Crippen LogP contribution < -0.4 is 4.74 Å². The molecule has 2 rings (SSSR count). The summed E-state index contributed by atoms with van der Waals surface area (Å²) in [5.74, 6) is -0.467. The van der Waals surface area contributed by atoms with Gasteiger partial charge in [-0.1, -0.05) is 0 Å². The monoisotopic (exact) mass is 257 g/mol. The number of ether oxygens (including phenoxy) is 1. The van der Waals surface area contributed by atoms with Gasteiger partial charge in [0.2, 0.25) is 0 Å². The Balaban J connectivity index is 2.42. The van der Waals surface area contributed by atoms with Gasteiger partial charge in [-0.2, -0.15) is 13.2 Å². The first-order valence-corrected chi connectivity index (χ1v) is 5.16. The second-order valence-electron chi connectivity index (χ2n) is 3.83. The highest BCUT2D eigenvalue weighted by molar-refractivity contribution is 6.08. The van der Waals surface area contributed by atoms with Gasteiger partial charge in [0, 0.05) is 22.7 Å². The van der Waals surface area contributed by atoms with E-state index in [9.17, 15) is 18.0 Å². The van der Waals surface area contributed by atoms with E-state index < -0.39 is 18.4 Å². The first-order valence-electron chi connectivity index (χ1n) is 5.16. The molecule has 0 fully saturated rings. The highest BCUT2D eigenvalue weighted by Crippen LogP contribution is 2.28. The summed E-state index contributed by atoms with van der Waals surface area (Å²) in [6.07, 6.45) is -4.67. The molecular weight excluding hydrogens is 247 g/mol. The number of halogens is 3. The molecule has 0 bridgehead atoms. The van der Waals surface area contributed by atoms with Crippen molar-refractivity contribution in [3.8, 4) is 5.75 Å². The van der Waals surface area contributed by atoms with E-state index in [2.05, 4.69) is 4.98 Å². The van der Waals surface area contributed by atoms with Gasteiger partial charge < -0.3 is 9.72 Å². The van der Waals surface area contributed by atoms with E-state index in [0.29, 0.717) is 16.7 Å². The highest BCUT2D eigenvalue weighted by atomic mass is 19.4.